The molecule has 0 saturated carbocycles. The quantitative estimate of drug-likeness (QED) is 0.674. The predicted octanol–water partition coefficient (Wildman–Crippen LogP) is 1.19. The summed E-state index contributed by atoms with van der Waals surface area (Å²) in [6.45, 7) is 10.1. The van der Waals surface area contributed by atoms with E-state index < -0.39 is 10.0 Å². The van der Waals surface area contributed by atoms with Gasteiger partial charge in [-0.05, 0) is 31.3 Å². The van der Waals surface area contributed by atoms with Gasteiger partial charge in [0.05, 0.1) is 4.90 Å². The van der Waals surface area contributed by atoms with E-state index >= 15 is 0 Å². The van der Waals surface area contributed by atoms with Crippen LogP contribution in [-0.4, -0.2) is 92.4 Å². The summed E-state index contributed by atoms with van der Waals surface area (Å²) in [4.78, 5) is 17.6. The fourth-order valence-corrected chi connectivity index (χ4v) is 5.40. The third kappa shape index (κ3) is 4.69. The van der Waals surface area contributed by atoms with Gasteiger partial charge in [0.2, 0.25) is 10.0 Å². The van der Waals surface area contributed by atoms with Gasteiger partial charge in [-0.15, -0.1) is 0 Å². The van der Waals surface area contributed by atoms with Crippen molar-refractivity contribution < 1.29 is 13.2 Å². The van der Waals surface area contributed by atoms with Crippen LogP contribution in [-0.2, 0) is 17.1 Å². The number of aromatic nitrogens is 1. The van der Waals surface area contributed by atoms with Crippen LogP contribution < -0.4 is 5.32 Å². The molecule has 1 aliphatic rings. The Labute approximate surface area is 179 Å². The van der Waals surface area contributed by atoms with Crippen LogP contribution in [0.3, 0.4) is 0 Å². The molecule has 0 atom stereocenters. The van der Waals surface area contributed by atoms with E-state index in [-0.39, 0.29) is 10.8 Å². The third-order valence-corrected chi connectivity index (χ3v) is 7.95. The van der Waals surface area contributed by atoms with Crippen molar-refractivity contribution in [2.45, 2.75) is 18.7 Å². The fourth-order valence-electron chi connectivity index (χ4n) is 3.91. The number of sulfonamides is 1. The average Bonchev–Trinajstić information content (AvgIpc) is 3.06. The zero-order valence-corrected chi connectivity index (χ0v) is 19.2. The number of hydrogen-bond acceptors (Lipinski definition) is 5. The Balaban J connectivity index is 1.72. The maximum absolute atomic E-state index is 12.8. The van der Waals surface area contributed by atoms with Crippen LogP contribution in [0.15, 0.2) is 29.2 Å². The molecule has 1 aromatic carbocycles. The molecule has 1 amide bonds. The molecule has 0 aliphatic carbocycles. The highest BCUT2D eigenvalue weighted by atomic mass is 32.2. The van der Waals surface area contributed by atoms with Crippen LogP contribution in [0.4, 0.5) is 0 Å². The molecule has 0 bridgehead atoms. The Morgan fingerprint density at radius 1 is 1.07 bits per heavy atom. The van der Waals surface area contributed by atoms with Crippen LogP contribution in [0.1, 0.15) is 24.3 Å². The highest BCUT2D eigenvalue weighted by Crippen LogP contribution is 2.24. The van der Waals surface area contributed by atoms with Crippen LogP contribution in [0.5, 0.6) is 0 Å². The van der Waals surface area contributed by atoms with Crippen LogP contribution in [0, 0.1) is 0 Å². The number of rotatable bonds is 8. The lowest BCUT2D eigenvalue weighted by molar-refractivity contribution is 0.0933. The monoisotopic (exact) mass is 435 g/mol. The number of benzene rings is 1. The molecule has 1 N–H and O–H groups in total. The zero-order valence-electron chi connectivity index (χ0n) is 18.4. The molecule has 166 valence electrons. The Morgan fingerprint density at radius 3 is 2.37 bits per heavy atom. The second-order valence-electron chi connectivity index (χ2n) is 7.80. The number of aryl methyl sites for hydroxylation is 1. The second-order valence-corrected chi connectivity index (χ2v) is 9.74. The SMILES string of the molecule is CCN(CC)S(=O)(=O)c1ccc2c(c1)cc(C(=O)NCCN1CCN(C)CC1)n2C. The van der Waals surface area contributed by atoms with E-state index in [4.69, 9.17) is 0 Å². The molecule has 3 rings (SSSR count). The molecule has 2 aromatic rings. The summed E-state index contributed by atoms with van der Waals surface area (Å²) in [5.74, 6) is -0.143. The van der Waals surface area contributed by atoms with E-state index in [9.17, 15) is 13.2 Å². The molecular formula is C21H33N5O3S. The first-order valence-electron chi connectivity index (χ1n) is 10.6. The van der Waals surface area contributed by atoms with E-state index in [1.165, 1.54) is 4.31 Å². The summed E-state index contributed by atoms with van der Waals surface area (Å²) in [7, 11) is 0.420. The van der Waals surface area contributed by atoms with Gasteiger partial charge in [-0.1, -0.05) is 13.8 Å². The summed E-state index contributed by atoms with van der Waals surface area (Å²) in [5, 5.41) is 3.74. The second kappa shape index (κ2) is 9.47. The van der Waals surface area contributed by atoms with Gasteiger partial charge >= 0.3 is 0 Å². The number of fused-ring (bicyclic) bond motifs is 1. The van der Waals surface area contributed by atoms with Crippen molar-refractivity contribution in [1.82, 2.24) is 24.0 Å². The van der Waals surface area contributed by atoms with E-state index in [0.717, 1.165) is 43.6 Å². The minimum Gasteiger partial charge on any atom is -0.349 e. The molecule has 0 radical (unpaired) electrons. The first-order valence-corrected chi connectivity index (χ1v) is 12.0. The van der Waals surface area contributed by atoms with Gasteiger partial charge in [0.25, 0.3) is 5.91 Å². The lowest BCUT2D eigenvalue weighted by Crippen LogP contribution is -2.47. The largest absolute Gasteiger partial charge is 0.349 e. The molecule has 0 unspecified atom stereocenters. The van der Waals surface area contributed by atoms with E-state index in [1.807, 2.05) is 25.5 Å². The van der Waals surface area contributed by atoms with Gasteiger partial charge < -0.3 is 14.8 Å². The van der Waals surface area contributed by atoms with Gasteiger partial charge in [-0.2, -0.15) is 4.31 Å². The molecule has 1 aliphatic heterocycles. The number of amides is 1. The zero-order chi connectivity index (χ0) is 21.9. The Bertz CT molecular complexity index is 989. The summed E-state index contributed by atoms with van der Waals surface area (Å²) in [5.41, 5.74) is 1.36. The minimum absolute atomic E-state index is 0.143. The summed E-state index contributed by atoms with van der Waals surface area (Å²) in [6, 6.07) is 6.81. The van der Waals surface area contributed by atoms with Crippen LogP contribution >= 0.6 is 0 Å². The van der Waals surface area contributed by atoms with Gasteiger partial charge in [0.1, 0.15) is 5.69 Å². The highest BCUT2D eigenvalue weighted by molar-refractivity contribution is 7.89. The van der Waals surface area contributed by atoms with Crippen molar-refractivity contribution in [2.24, 2.45) is 7.05 Å². The predicted molar refractivity (Wildman–Crippen MR) is 119 cm³/mol. The van der Waals surface area contributed by atoms with E-state index in [2.05, 4.69) is 22.2 Å². The molecule has 30 heavy (non-hydrogen) atoms. The maximum Gasteiger partial charge on any atom is 0.267 e. The molecule has 9 heteroatoms. The van der Waals surface area contributed by atoms with Crippen molar-refractivity contribution in [3.8, 4) is 0 Å². The van der Waals surface area contributed by atoms with Gasteiger partial charge in [0, 0.05) is 70.3 Å². The molecule has 1 aromatic heterocycles. The smallest absolute Gasteiger partial charge is 0.267 e. The van der Waals surface area contributed by atoms with Crippen molar-refractivity contribution in [3.05, 3.63) is 30.0 Å². The number of piperazine rings is 1. The Kier molecular flexibility index (Phi) is 7.18. The Morgan fingerprint density at radius 2 is 1.73 bits per heavy atom. The van der Waals surface area contributed by atoms with Crippen molar-refractivity contribution in [2.75, 3.05) is 59.4 Å². The lowest BCUT2D eigenvalue weighted by atomic mass is 10.2. The molecule has 0 spiro atoms. The Hall–Kier alpha value is -1.94. The van der Waals surface area contributed by atoms with Crippen molar-refractivity contribution >= 4 is 26.8 Å². The number of hydrogen-bond donors (Lipinski definition) is 1. The average molecular weight is 436 g/mol. The topological polar surface area (TPSA) is 77.9 Å². The highest BCUT2D eigenvalue weighted by Gasteiger charge is 2.23. The molecule has 2 heterocycles. The first kappa shape index (κ1) is 22.7. The third-order valence-electron chi connectivity index (χ3n) is 5.90. The molecular weight excluding hydrogens is 402 g/mol. The summed E-state index contributed by atoms with van der Waals surface area (Å²) >= 11 is 0. The molecule has 1 fully saturated rings. The number of carbonyl (C=O) groups is 1. The summed E-state index contributed by atoms with van der Waals surface area (Å²) < 4.78 is 28.9. The van der Waals surface area contributed by atoms with E-state index in [0.29, 0.717) is 25.3 Å². The molecule has 1 saturated heterocycles. The normalized spacial score (nSPS) is 16.4. The van der Waals surface area contributed by atoms with E-state index in [1.54, 1.807) is 24.3 Å². The van der Waals surface area contributed by atoms with Gasteiger partial charge in [-0.3, -0.25) is 9.69 Å². The number of nitrogens with one attached hydrogen (secondary N) is 1. The van der Waals surface area contributed by atoms with Crippen LogP contribution in [0.2, 0.25) is 0 Å². The standard InChI is InChI=1S/C21H33N5O3S/c1-5-26(6-2)30(28,29)18-7-8-19-17(15-18)16-20(24(19)4)21(27)22-9-10-25-13-11-23(3)12-14-25/h7-8,15-16H,5-6,9-14H2,1-4H3,(H,22,27). The number of carbonyl (C=O) groups excluding carboxylic acids is 1. The lowest BCUT2D eigenvalue weighted by Gasteiger charge is -2.32. The fraction of sp³-hybridized carbons (Fsp3) is 0.571. The summed E-state index contributed by atoms with van der Waals surface area (Å²) in [6.07, 6.45) is 0. The maximum atomic E-state index is 12.8. The first-order chi connectivity index (χ1) is 14.3. The van der Waals surface area contributed by atoms with Gasteiger partial charge in [0.15, 0.2) is 0 Å². The molecule has 8 nitrogen and oxygen atoms in total. The minimum atomic E-state index is -3.53. The number of likely N-dealkylation sites (N-methyl/N-ethyl adjacent to an activating group) is 1. The van der Waals surface area contributed by atoms with Crippen molar-refractivity contribution in [3.63, 3.8) is 0 Å². The van der Waals surface area contributed by atoms with Gasteiger partial charge in [-0.25, -0.2) is 8.42 Å². The number of nitrogens with zero attached hydrogens (tertiary/aromatic N) is 4. The van der Waals surface area contributed by atoms with Crippen LogP contribution in [0.25, 0.3) is 10.9 Å². The van der Waals surface area contributed by atoms with Crippen molar-refractivity contribution in [1.29, 1.82) is 0 Å².